The van der Waals surface area contributed by atoms with Crippen molar-refractivity contribution in [1.29, 1.82) is 0 Å². The van der Waals surface area contributed by atoms with Gasteiger partial charge in [0.1, 0.15) is 0 Å². The molecule has 0 radical (unpaired) electrons. The third kappa shape index (κ3) is 8.79. The van der Waals surface area contributed by atoms with Gasteiger partial charge in [-0.2, -0.15) is 11.3 Å². The molecule has 0 amide bonds. The molecule has 0 aliphatic carbocycles. The van der Waals surface area contributed by atoms with Crippen LogP contribution in [0.4, 0.5) is 0 Å². The summed E-state index contributed by atoms with van der Waals surface area (Å²) in [6, 6.07) is 0. The molecule has 1 heteroatoms. The first-order valence-corrected chi connectivity index (χ1v) is 9.80. The van der Waals surface area contributed by atoms with Gasteiger partial charge in [0.25, 0.3) is 0 Å². The third-order valence-electron chi connectivity index (χ3n) is 4.26. The van der Waals surface area contributed by atoms with Gasteiger partial charge in [-0.1, -0.05) is 77.6 Å². The van der Waals surface area contributed by atoms with E-state index in [1.54, 1.807) is 5.56 Å². The fraction of sp³-hybridized carbons (Fsp3) is 0.789. The van der Waals surface area contributed by atoms with Crippen LogP contribution in [-0.2, 0) is 6.42 Å². The molecule has 0 aliphatic rings. The lowest BCUT2D eigenvalue weighted by molar-refractivity contribution is 0.544. The zero-order chi connectivity index (χ0) is 14.5. The third-order valence-corrected chi connectivity index (χ3v) is 5.17. The van der Waals surface area contributed by atoms with Crippen LogP contribution in [-0.4, -0.2) is 0 Å². The van der Waals surface area contributed by atoms with Crippen molar-refractivity contribution in [3.63, 3.8) is 0 Å². The van der Waals surface area contributed by atoms with Gasteiger partial charge in [0.05, 0.1) is 0 Å². The van der Waals surface area contributed by atoms with Crippen LogP contribution in [0.15, 0.2) is 10.8 Å². The first-order chi connectivity index (χ1) is 9.84. The molecular formula is C19H34S. The molecule has 0 fully saturated rings. The fourth-order valence-electron chi connectivity index (χ4n) is 2.80. The summed E-state index contributed by atoms with van der Waals surface area (Å²) in [5.41, 5.74) is 3.08. The standard InChI is InChI=1S/C19H34S/c1-3-4-5-6-7-8-9-10-11-12-13-14-15-19-17-20-16-18(19)2/h16-17H,3-15H2,1-2H3. The van der Waals surface area contributed by atoms with E-state index in [0.717, 1.165) is 0 Å². The molecule has 0 aliphatic heterocycles. The summed E-state index contributed by atoms with van der Waals surface area (Å²) < 4.78 is 0. The van der Waals surface area contributed by atoms with Crippen LogP contribution in [0.3, 0.4) is 0 Å². The van der Waals surface area contributed by atoms with Gasteiger partial charge in [0, 0.05) is 0 Å². The van der Waals surface area contributed by atoms with E-state index in [1.165, 1.54) is 89.0 Å². The van der Waals surface area contributed by atoms with Crippen LogP contribution in [0.1, 0.15) is 95.1 Å². The molecule has 1 rings (SSSR count). The number of hydrogen-bond donors (Lipinski definition) is 0. The highest BCUT2D eigenvalue weighted by molar-refractivity contribution is 7.08. The van der Waals surface area contributed by atoms with E-state index in [9.17, 15) is 0 Å². The first-order valence-electron chi connectivity index (χ1n) is 8.86. The molecule has 1 heterocycles. The van der Waals surface area contributed by atoms with Gasteiger partial charge in [-0.15, -0.1) is 0 Å². The predicted octanol–water partition coefficient (Wildman–Crippen LogP) is 7.30. The summed E-state index contributed by atoms with van der Waals surface area (Å²) in [6.45, 7) is 4.53. The molecule has 0 unspecified atom stereocenters. The van der Waals surface area contributed by atoms with Crippen LogP contribution < -0.4 is 0 Å². The zero-order valence-corrected chi connectivity index (χ0v) is 14.6. The van der Waals surface area contributed by atoms with Crippen LogP contribution in [0.5, 0.6) is 0 Å². The van der Waals surface area contributed by atoms with Crippen molar-refractivity contribution >= 4 is 11.3 Å². The highest BCUT2D eigenvalue weighted by atomic mass is 32.1. The van der Waals surface area contributed by atoms with E-state index in [1.807, 2.05) is 11.3 Å². The Hall–Kier alpha value is -0.300. The molecule has 0 saturated heterocycles. The fourth-order valence-corrected chi connectivity index (χ4v) is 3.69. The Bertz CT molecular complexity index is 313. The van der Waals surface area contributed by atoms with E-state index in [-0.39, 0.29) is 0 Å². The molecule has 0 saturated carbocycles. The number of thiophene rings is 1. The van der Waals surface area contributed by atoms with Crippen molar-refractivity contribution in [3.8, 4) is 0 Å². The predicted molar refractivity (Wildman–Crippen MR) is 93.8 cm³/mol. The van der Waals surface area contributed by atoms with E-state index in [2.05, 4.69) is 24.6 Å². The Morgan fingerprint density at radius 2 is 1.20 bits per heavy atom. The van der Waals surface area contributed by atoms with Crippen molar-refractivity contribution < 1.29 is 0 Å². The van der Waals surface area contributed by atoms with E-state index in [0.29, 0.717) is 0 Å². The number of rotatable bonds is 13. The Morgan fingerprint density at radius 3 is 1.65 bits per heavy atom. The molecule has 116 valence electrons. The van der Waals surface area contributed by atoms with Crippen LogP contribution in [0.2, 0.25) is 0 Å². The minimum atomic E-state index is 1.30. The SMILES string of the molecule is CCCCCCCCCCCCCCc1cscc1C. The summed E-state index contributed by atoms with van der Waals surface area (Å²) in [6.07, 6.45) is 18.6. The van der Waals surface area contributed by atoms with Crippen molar-refractivity contribution in [1.82, 2.24) is 0 Å². The minimum Gasteiger partial charge on any atom is -0.152 e. The lowest BCUT2D eigenvalue weighted by Crippen LogP contribution is -1.86. The Labute approximate surface area is 131 Å². The van der Waals surface area contributed by atoms with Crippen molar-refractivity contribution in [2.24, 2.45) is 0 Å². The molecular weight excluding hydrogens is 260 g/mol. The average molecular weight is 295 g/mol. The average Bonchev–Trinajstić information content (AvgIpc) is 2.85. The van der Waals surface area contributed by atoms with Gasteiger partial charge in [-0.25, -0.2) is 0 Å². The summed E-state index contributed by atoms with van der Waals surface area (Å²) in [7, 11) is 0. The highest BCUT2D eigenvalue weighted by Crippen LogP contribution is 2.17. The number of aryl methyl sites for hydroxylation is 2. The monoisotopic (exact) mass is 294 g/mol. The normalized spacial score (nSPS) is 11.1. The maximum atomic E-state index is 2.33. The number of hydrogen-bond acceptors (Lipinski definition) is 1. The molecule has 0 spiro atoms. The van der Waals surface area contributed by atoms with Crippen LogP contribution in [0.25, 0.3) is 0 Å². The van der Waals surface area contributed by atoms with Gasteiger partial charge in [-0.3, -0.25) is 0 Å². The molecule has 1 aromatic rings. The summed E-state index contributed by atoms with van der Waals surface area (Å²) >= 11 is 1.85. The second-order valence-corrected chi connectivity index (χ2v) is 6.96. The Balaban J connectivity index is 1.78. The van der Waals surface area contributed by atoms with Gasteiger partial charge in [0.15, 0.2) is 0 Å². The number of unbranched alkanes of at least 4 members (excludes halogenated alkanes) is 11. The van der Waals surface area contributed by atoms with Crippen LogP contribution in [0, 0.1) is 6.92 Å². The largest absolute Gasteiger partial charge is 0.152 e. The summed E-state index contributed by atoms with van der Waals surface area (Å²) in [5, 5.41) is 4.60. The zero-order valence-electron chi connectivity index (χ0n) is 13.8. The highest BCUT2D eigenvalue weighted by Gasteiger charge is 1.99. The van der Waals surface area contributed by atoms with Crippen molar-refractivity contribution in [3.05, 3.63) is 21.9 Å². The van der Waals surface area contributed by atoms with Gasteiger partial charge >= 0.3 is 0 Å². The molecule has 0 N–H and O–H groups in total. The van der Waals surface area contributed by atoms with E-state index in [4.69, 9.17) is 0 Å². The Morgan fingerprint density at radius 1 is 0.700 bits per heavy atom. The van der Waals surface area contributed by atoms with Crippen molar-refractivity contribution in [2.75, 3.05) is 0 Å². The lowest BCUT2D eigenvalue weighted by Gasteiger charge is -2.03. The maximum Gasteiger partial charge on any atom is -0.00585 e. The van der Waals surface area contributed by atoms with Crippen LogP contribution >= 0.6 is 11.3 Å². The summed E-state index contributed by atoms with van der Waals surface area (Å²) in [4.78, 5) is 0. The van der Waals surface area contributed by atoms with Gasteiger partial charge in [0.2, 0.25) is 0 Å². The summed E-state index contributed by atoms with van der Waals surface area (Å²) in [5.74, 6) is 0. The topological polar surface area (TPSA) is 0 Å². The minimum absolute atomic E-state index is 1.30. The second kappa shape index (κ2) is 12.4. The van der Waals surface area contributed by atoms with Gasteiger partial charge in [-0.05, 0) is 41.7 Å². The molecule has 0 bridgehead atoms. The van der Waals surface area contributed by atoms with Gasteiger partial charge < -0.3 is 0 Å². The van der Waals surface area contributed by atoms with E-state index < -0.39 is 0 Å². The molecule has 1 aromatic heterocycles. The smallest absolute Gasteiger partial charge is 0.00585 e. The molecule has 0 aromatic carbocycles. The van der Waals surface area contributed by atoms with E-state index >= 15 is 0 Å². The second-order valence-electron chi connectivity index (χ2n) is 6.22. The maximum absolute atomic E-state index is 2.33. The first kappa shape index (κ1) is 17.8. The molecule has 20 heavy (non-hydrogen) atoms. The quantitative estimate of drug-likeness (QED) is 0.335. The Kier molecular flexibility index (Phi) is 11.0. The molecule has 0 nitrogen and oxygen atoms in total. The van der Waals surface area contributed by atoms with Crippen molar-refractivity contribution in [2.45, 2.75) is 97.3 Å². The molecule has 0 atom stereocenters. The lowest BCUT2D eigenvalue weighted by atomic mass is 10.0.